The number of aromatic nitrogens is 2. The van der Waals surface area contributed by atoms with Crippen molar-refractivity contribution in [2.24, 2.45) is 11.8 Å². The van der Waals surface area contributed by atoms with Crippen molar-refractivity contribution in [2.45, 2.75) is 19.9 Å². The Kier molecular flexibility index (Phi) is 7.19. The van der Waals surface area contributed by atoms with E-state index < -0.39 is 5.82 Å². The molecule has 0 radical (unpaired) electrons. The van der Waals surface area contributed by atoms with E-state index in [-0.39, 0.29) is 21.9 Å². The molecule has 4 heterocycles. The Bertz CT molecular complexity index is 1500. The molecule has 3 aliphatic rings. The molecular formula is C31H36ClFN6O. The van der Waals surface area contributed by atoms with E-state index in [0.29, 0.717) is 34.8 Å². The van der Waals surface area contributed by atoms with E-state index in [2.05, 4.69) is 34.1 Å². The van der Waals surface area contributed by atoms with Gasteiger partial charge in [-0.05, 0) is 74.7 Å². The van der Waals surface area contributed by atoms with Gasteiger partial charge in [-0.2, -0.15) is 4.98 Å². The van der Waals surface area contributed by atoms with E-state index in [0.717, 1.165) is 56.2 Å². The molecule has 3 fully saturated rings. The van der Waals surface area contributed by atoms with Crippen LogP contribution in [0.3, 0.4) is 0 Å². The Morgan fingerprint density at radius 2 is 1.80 bits per heavy atom. The molecule has 2 atom stereocenters. The van der Waals surface area contributed by atoms with E-state index in [9.17, 15) is 5.11 Å². The maximum absolute atomic E-state index is 16.4. The first kappa shape index (κ1) is 27.0. The Hall–Kier alpha value is -3.20. The van der Waals surface area contributed by atoms with Crippen molar-refractivity contribution >= 4 is 45.9 Å². The van der Waals surface area contributed by atoms with Crippen LogP contribution < -0.4 is 15.1 Å². The second-order valence-corrected chi connectivity index (χ2v) is 12.1. The lowest BCUT2D eigenvalue weighted by molar-refractivity contribution is 0.245. The zero-order valence-electron chi connectivity index (χ0n) is 23.5. The minimum absolute atomic E-state index is 0.0268. The number of fused-ring (bicyclic) bond motifs is 2. The molecule has 0 aliphatic carbocycles. The number of nitrogens with one attached hydrogen (secondary N) is 1. The molecule has 0 spiro atoms. The number of aryl methyl sites for hydroxylation is 1. The van der Waals surface area contributed by atoms with Crippen molar-refractivity contribution in [1.82, 2.24) is 20.2 Å². The van der Waals surface area contributed by atoms with Gasteiger partial charge in [0.05, 0.1) is 5.02 Å². The highest BCUT2D eigenvalue weighted by Gasteiger charge is 2.38. The van der Waals surface area contributed by atoms with Gasteiger partial charge in [0.2, 0.25) is 5.95 Å². The summed E-state index contributed by atoms with van der Waals surface area (Å²) in [7, 11) is 4.13. The number of halogens is 2. The topological polar surface area (TPSA) is 67.8 Å². The minimum Gasteiger partial charge on any atom is -0.508 e. The Labute approximate surface area is 240 Å². The highest BCUT2D eigenvalue weighted by Crippen LogP contribution is 2.40. The van der Waals surface area contributed by atoms with Crippen LogP contribution in [-0.4, -0.2) is 79.4 Å². The minimum atomic E-state index is -0.490. The van der Waals surface area contributed by atoms with Crippen LogP contribution in [0.4, 0.5) is 16.2 Å². The number of hydrogen-bond donors (Lipinski definition) is 2. The smallest absolute Gasteiger partial charge is 0.228 e. The van der Waals surface area contributed by atoms with Crippen LogP contribution in [0.25, 0.3) is 22.6 Å². The van der Waals surface area contributed by atoms with Gasteiger partial charge in [0.1, 0.15) is 17.1 Å². The number of nitrogens with zero attached hydrogens (tertiary/aromatic N) is 5. The third-order valence-corrected chi connectivity index (χ3v) is 8.96. The average molecular weight is 563 g/mol. The molecule has 3 aliphatic heterocycles. The molecule has 0 amide bonds. The monoisotopic (exact) mass is 562 g/mol. The van der Waals surface area contributed by atoms with Crippen molar-refractivity contribution in [1.29, 1.82) is 0 Å². The summed E-state index contributed by atoms with van der Waals surface area (Å²) >= 11 is 6.76. The van der Waals surface area contributed by atoms with Crippen molar-refractivity contribution in [3.63, 3.8) is 0 Å². The van der Waals surface area contributed by atoms with Gasteiger partial charge in [0.15, 0.2) is 5.82 Å². The number of aliphatic hydroxyl groups is 1. The van der Waals surface area contributed by atoms with Gasteiger partial charge < -0.3 is 25.1 Å². The van der Waals surface area contributed by atoms with E-state index in [1.54, 1.807) is 25.1 Å². The molecule has 0 bridgehead atoms. The van der Waals surface area contributed by atoms with Crippen LogP contribution in [0, 0.1) is 24.6 Å². The van der Waals surface area contributed by atoms with E-state index >= 15 is 4.39 Å². The summed E-state index contributed by atoms with van der Waals surface area (Å²) in [6.45, 7) is 9.08. The first-order valence-electron chi connectivity index (χ1n) is 13.9. The third kappa shape index (κ3) is 4.93. The summed E-state index contributed by atoms with van der Waals surface area (Å²) in [5.41, 5.74) is 2.96. The molecule has 2 N–H and O–H groups in total. The first-order valence-corrected chi connectivity index (χ1v) is 14.3. The molecule has 0 saturated carbocycles. The predicted octanol–water partition coefficient (Wildman–Crippen LogP) is 5.14. The molecule has 3 saturated heterocycles. The standard InChI is InChI=1S/C31H36ClFN6O/c1-18-7-5-6-8-20(18)10-24(40)9-19(2)27-26(32)11-25-29(28(27)33)35-31(39-16-23(17-39)37(3)4)36-30(25)38-14-21-12-34-13-22(21)15-38/h5-11,21-23,34,40H,12-17H2,1-4H3/b19-9+,24-10+. The highest BCUT2D eigenvalue weighted by molar-refractivity contribution is 6.33. The number of benzene rings is 2. The number of hydrogen-bond acceptors (Lipinski definition) is 7. The maximum Gasteiger partial charge on any atom is 0.228 e. The van der Waals surface area contributed by atoms with E-state index in [1.807, 2.05) is 31.2 Å². The maximum atomic E-state index is 16.4. The van der Waals surface area contributed by atoms with Crippen molar-refractivity contribution in [2.75, 3.05) is 63.2 Å². The van der Waals surface area contributed by atoms with Crippen molar-refractivity contribution in [3.8, 4) is 0 Å². The molecule has 7 nitrogen and oxygen atoms in total. The van der Waals surface area contributed by atoms with Crippen molar-refractivity contribution in [3.05, 3.63) is 69.7 Å². The zero-order chi connectivity index (χ0) is 28.1. The Balaban J connectivity index is 1.42. The fourth-order valence-corrected chi connectivity index (χ4v) is 6.47. The van der Waals surface area contributed by atoms with Gasteiger partial charge in [0.25, 0.3) is 0 Å². The number of aliphatic hydroxyl groups excluding tert-OH is 1. The number of anilines is 2. The summed E-state index contributed by atoms with van der Waals surface area (Å²) in [5, 5.41) is 15.1. The van der Waals surface area contributed by atoms with Crippen molar-refractivity contribution < 1.29 is 9.50 Å². The molecule has 40 heavy (non-hydrogen) atoms. The summed E-state index contributed by atoms with van der Waals surface area (Å²) in [6, 6.07) is 9.98. The van der Waals surface area contributed by atoms with Gasteiger partial charge in [0, 0.05) is 56.3 Å². The lowest BCUT2D eigenvalue weighted by atomic mass is 10.0. The van der Waals surface area contributed by atoms with Crippen LogP contribution in [0.5, 0.6) is 0 Å². The number of allylic oxidation sites excluding steroid dienone is 2. The summed E-state index contributed by atoms with van der Waals surface area (Å²) in [6.07, 6.45) is 3.23. The first-order chi connectivity index (χ1) is 19.2. The average Bonchev–Trinajstić information content (AvgIpc) is 3.47. The predicted molar refractivity (Wildman–Crippen MR) is 162 cm³/mol. The second-order valence-electron chi connectivity index (χ2n) is 11.6. The zero-order valence-corrected chi connectivity index (χ0v) is 24.2. The lowest BCUT2D eigenvalue weighted by Gasteiger charge is -2.43. The molecule has 6 rings (SSSR count). The van der Waals surface area contributed by atoms with Gasteiger partial charge in [-0.25, -0.2) is 9.37 Å². The van der Waals surface area contributed by atoms with Crippen LogP contribution in [0.15, 0.2) is 42.2 Å². The number of likely N-dealkylation sites (N-methyl/N-ethyl adjacent to an activating group) is 1. The van der Waals surface area contributed by atoms with Crippen LogP contribution in [-0.2, 0) is 0 Å². The fourth-order valence-electron chi connectivity index (χ4n) is 6.13. The highest BCUT2D eigenvalue weighted by atomic mass is 35.5. The third-order valence-electron chi connectivity index (χ3n) is 8.67. The lowest BCUT2D eigenvalue weighted by Crippen LogP contribution is -2.58. The van der Waals surface area contributed by atoms with E-state index in [4.69, 9.17) is 21.6 Å². The molecule has 210 valence electrons. The molecule has 2 aromatic carbocycles. The van der Waals surface area contributed by atoms with Gasteiger partial charge in [-0.3, -0.25) is 0 Å². The molecule has 2 unspecified atom stereocenters. The molecule has 1 aromatic heterocycles. The van der Waals surface area contributed by atoms with Gasteiger partial charge >= 0.3 is 0 Å². The van der Waals surface area contributed by atoms with Crippen LogP contribution in [0.2, 0.25) is 5.02 Å². The van der Waals surface area contributed by atoms with Crippen LogP contribution in [0.1, 0.15) is 23.6 Å². The Morgan fingerprint density at radius 1 is 1.10 bits per heavy atom. The molecule has 9 heteroatoms. The van der Waals surface area contributed by atoms with Crippen LogP contribution >= 0.6 is 11.6 Å². The summed E-state index contributed by atoms with van der Waals surface area (Å²) in [5.74, 6) is 1.95. The summed E-state index contributed by atoms with van der Waals surface area (Å²) in [4.78, 5) is 16.3. The SMILES string of the molecule is C/C(=C\C(O)=C/c1ccccc1C)c1c(Cl)cc2c(N3CC4CNCC4C3)nc(N3CC(N(C)C)C3)nc2c1F. The summed E-state index contributed by atoms with van der Waals surface area (Å²) < 4.78 is 16.4. The molecular weight excluding hydrogens is 527 g/mol. The normalized spacial score (nSPS) is 22.0. The fraction of sp³-hybridized carbons (Fsp3) is 0.419. The largest absolute Gasteiger partial charge is 0.508 e. The van der Waals surface area contributed by atoms with Gasteiger partial charge in [-0.1, -0.05) is 35.9 Å². The Morgan fingerprint density at radius 3 is 2.48 bits per heavy atom. The van der Waals surface area contributed by atoms with E-state index in [1.165, 1.54) is 0 Å². The van der Waals surface area contributed by atoms with Gasteiger partial charge in [-0.15, -0.1) is 0 Å². The quantitative estimate of drug-likeness (QED) is 0.318. The number of rotatable bonds is 6. The molecule has 3 aromatic rings. The second kappa shape index (κ2) is 10.7.